The molecule has 0 aliphatic carbocycles. The summed E-state index contributed by atoms with van der Waals surface area (Å²) in [5.74, 6) is 0.535. The van der Waals surface area contributed by atoms with Crippen LogP contribution in [0.3, 0.4) is 0 Å². The number of ketones is 1. The summed E-state index contributed by atoms with van der Waals surface area (Å²) in [6, 6.07) is 4.02. The maximum atomic E-state index is 12.2. The van der Waals surface area contributed by atoms with E-state index in [1.807, 2.05) is 6.92 Å². The van der Waals surface area contributed by atoms with Crippen molar-refractivity contribution in [2.45, 2.75) is 24.8 Å². The van der Waals surface area contributed by atoms with E-state index in [0.717, 1.165) is 5.82 Å². The number of carbonyl (C=O) groups excluding carboxylic acids is 1. The molecule has 2 aromatic rings. The van der Waals surface area contributed by atoms with Crippen LogP contribution in [0.15, 0.2) is 35.5 Å². The van der Waals surface area contributed by atoms with Gasteiger partial charge in [-0.1, -0.05) is 18.5 Å². The predicted octanol–water partition coefficient (Wildman–Crippen LogP) is 1.63. The first-order valence-corrected chi connectivity index (χ1v) is 8.11. The van der Waals surface area contributed by atoms with Crippen LogP contribution in [0.5, 0.6) is 0 Å². The number of benzene rings is 1. The molecule has 1 aromatic carbocycles. The van der Waals surface area contributed by atoms with Crippen LogP contribution in [0, 0.1) is 0 Å². The minimum absolute atomic E-state index is 0.00840. The first-order chi connectivity index (χ1) is 9.82. The van der Waals surface area contributed by atoms with Gasteiger partial charge in [-0.2, -0.15) is 0 Å². The van der Waals surface area contributed by atoms with Gasteiger partial charge in [0.25, 0.3) is 0 Å². The van der Waals surface area contributed by atoms with Crippen molar-refractivity contribution in [3.8, 4) is 0 Å². The van der Waals surface area contributed by atoms with Crippen molar-refractivity contribution in [1.29, 1.82) is 0 Å². The van der Waals surface area contributed by atoms with Gasteiger partial charge in [-0.25, -0.2) is 18.5 Å². The summed E-state index contributed by atoms with van der Waals surface area (Å²) in [7, 11) is -3.97. The molecule has 0 radical (unpaired) electrons. The summed E-state index contributed by atoms with van der Waals surface area (Å²) in [6.45, 7) is 2.01. The number of hydrogen-bond donors (Lipinski definition) is 1. The number of imidazole rings is 1. The average molecular weight is 328 g/mol. The first-order valence-electron chi connectivity index (χ1n) is 6.18. The standard InChI is InChI=1S/C13H14ClN3O3S/c1-2-13-16-5-6-17(13)8-11(18)9-3-4-10(14)12(7-9)21(15,19)20/h3-7H,2,8H2,1H3,(H2,15,19,20). The average Bonchev–Trinajstić information content (AvgIpc) is 2.85. The van der Waals surface area contributed by atoms with Crippen molar-refractivity contribution < 1.29 is 13.2 Å². The summed E-state index contributed by atoms with van der Waals surface area (Å²) >= 11 is 5.79. The van der Waals surface area contributed by atoms with Crippen molar-refractivity contribution in [2.75, 3.05) is 0 Å². The number of nitrogens with two attached hydrogens (primary N) is 1. The maximum Gasteiger partial charge on any atom is 0.239 e. The Balaban J connectivity index is 2.32. The van der Waals surface area contributed by atoms with Crippen molar-refractivity contribution >= 4 is 27.4 Å². The van der Waals surface area contributed by atoms with Gasteiger partial charge in [0.1, 0.15) is 10.7 Å². The van der Waals surface area contributed by atoms with Crippen molar-refractivity contribution in [3.05, 3.63) is 47.0 Å². The molecule has 1 heterocycles. The number of primary sulfonamides is 1. The summed E-state index contributed by atoms with van der Waals surface area (Å²) in [5.41, 5.74) is 0.235. The highest BCUT2D eigenvalue weighted by Crippen LogP contribution is 2.22. The van der Waals surface area contributed by atoms with Crippen LogP contribution < -0.4 is 5.14 Å². The van der Waals surface area contributed by atoms with Gasteiger partial charge in [0.05, 0.1) is 11.6 Å². The van der Waals surface area contributed by atoms with E-state index in [1.54, 1.807) is 17.0 Å². The van der Waals surface area contributed by atoms with E-state index < -0.39 is 10.0 Å². The lowest BCUT2D eigenvalue weighted by Gasteiger charge is -2.08. The Morgan fingerprint density at radius 2 is 2.14 bits per heavy atom. The number of nitrogens with zero attached hydrogens (tertiary/aromatic N) is 2. The Kier molecular flexibility index (Phi) is 4.46. The summed E-state index contributed by atoms with van der Waals surface area (Å²) in [6.07, 6.45) is 4.01. The number of aromatic nitrogens is 2. The second kappa shape index (κ2) is 5.97. The highest BCUT2D eigenvalue weighted by molar-refractivity contribution is 7.89. The molecule has 0 saturated heterocycles. The largest absolute Gasteiger partial charge is 0.327 e. The molecule has 6 nitrogen and oxygen atoms in total. The third-order valence-corrected chi connectivity index (χ3v) is 4.38. The molecule has 0 saturated carbocycles. The molecule has 0 spiro atoms. The van der Waals surface area contributed by atoms with E-state index in [9.17, 15) is 13.2 Å². The fourth-order valence-corrected chi connectivity index (χ4v) is 3.01. The third kappa shape index (κ3) is 3.49. The molecule has 112 valence electrons. The normalized spacial score (nSPS) is 11.6. The Labute approximate surface area is 127 Å². The van der Waals surface area contributed by atoms with E-state index in [2.05, 4.69) is 4.98 Å². The van der Waals surface area contributed by atoms with Crippen LogP contribution in [-0.2, 0) is 23.0 Å². The molecule has 0 unspecified atom stereocenters. The lowest BCUT2D eigenvalue weighted by molar-refractivity contribution is 0.0971. The predicted molar refractivity (Wildman–Crippen MR) is 78.8 cm³/mol. The molecule has 2 rings (SSSR count). The molecule has 0 fully saturated rings. The zero-order valence-corrected chi connectivity index (χ0v) is 12.9. The van der Waals surface area contributed by atoms with Crippen LogP contribution in [0.25, 0.3) is 0 Å². The van der Waals surface area contributed by atoms with E-state index in [-0.39, 0.29) is 27.8 Å². The minimum atomic E-state index is -3.97. The number of aryl methyl sites for hydroxylation is 1. The van der Waals surface area contributed by atoms with Gasteiger partial charge in [-0.15, -0.1) is 0 Å². The van der Waals surface area contributed by atoms with Crippen LogP contribution in [-0.4, -0.2) is 23.8 Å². The molecular formula is C13H14ClN3O3S. The van der Waals surface area contributed by atoms with Gasteiger partial charge in [0.15, 0.2) is 5.78 Å². The molecule has 0 bridgehead atoms. The minimum Gasteiger partial charge on any atom is -0.327 e. The van der Waals surface area contributed by atoms with E-state index in [4.69, 9.17) is 16.7 Å². The van der Waals surface area contributed by atoms with Crippen LogP contribution in [0.4, 0.5) is 0 Å². The third-order valence-electron chi connectivity index (χ3n) is 2.99. The quantitative estimate of drug-likeness (QED) is 0.844. The number of rotatable bonds is 5. The smallest absolute Gasteiger partial charge is 0.239 e. The van der Waals surface area contributed by atoms with Crippen molar-refractivity contribution in [3.63, 3.8) is 0 Å². The Morgan fingerprint density at radius 3 is 2.76 bits per heavy atom. The van der Waals surface area contributed by atoms with Gasteiger partial charge in [-0.05, 0) is 18.2 Å². The van der Waals surface area contributed by atoms with Gasteiger partial charge in [0, 0.05) is 24.4 Å². The zero-order chi connectivity index (χ0) is 15.6. The molecule has 21 heavy (non-hydrogen) atoms. The maximum absolute atomic E-state index is 12.2. The summed E-state index contributed by atoms with van der Waals surface area (Å²) in [5, 5.41) is 5.06. The second-order valence-corrected chi connectivity index (χ2v) is 6.38. The molecule has 1 aromatic heterocycles. The first kappa shape index (κ1) is 15.7. The SMILES string of the molecule is CCc1nccn1CC(=O)c1ccc(Cl)c(S(N)(=O)=O)c1. The number of halogens is 1. The second-order valence-electron chi connectivity index (χ2n) is 4.44. The van der Waals surface area contributed by atoms with E-state index in [0.29, 0.717) is 6.42 Å². The molecular weight excluding hydrogens is 314 g/mol. The lowest BCUT2D eigenvalue weighted by atomic mass is 10.1. The summed E-state index contributed by atoms with van der Waals surface area (Å²) < 4.78 is 24.5. The van der Waals surface area contributed by atoms with E-state index >= 15 is 0 Å². The lowest BCUT2D eigenvalue weighted by Crippen LogP contribution is -2.16. The monoisotopic (exact) mass is 327 g/mol. The number of hydrogen-bond acceptors (Lipinski definition) is 4. The Morgan fingerprint density at radius 1 is 1.43 bits per heavy atom. The fourth-order valence-electron chi connectivity index (χ4n) is 1.94. The van der Waals surface area contributed by atoms with Crippen molar-refractivity contribution in [1.82, 2.24) is 9.55 Å². The number of sulfonamides is 1. The van der Waals surface area contributed by atoms with Crippen LogP contribution in [0.2, 0.25) is 5.02 Å². The molecule has 0 aliphatic rings. The van der Waals surface area contributed by atoms with E-state index in [1.165, 1.54) is 18.2 Å². The van der Waals surface area contributed by atoms with Crippen molar-refractivity contribution in [2.24, 2.45) is 5.14 Å². The van der Waals surface area contributed by atoms with Crippen LogP contribution >= 0.6 is 11.6 Å². The molecule has 2 N–H and O–H groups in total. The Bertz CT molecular complexity index is 784. The zero-order valence-electron chi connectivity index (χ0n) is 11.3. The molecule has 0 amide bonds. The fraction of sp³-hybridized carbons (Fsp3) is 0.231. The Hall–Kier alpha value is -1.70. The summed E-state index contributed by atoms with van der Waals surface area (Å²) in [4.78, 5) is 16.1. The number of Topliss-reactive ketones (excluding diaryl/α,β-unsaturated/α-hetero) is 1. The molecule has 0 atom stereocenters. The topological polar surface area (TPSA) is 95.0 Å². The van der Waals surface area contributed by atoms with Gasteiger partial charge < -0.3 is 4.57 Å². The highest BCUT2D eigenvalue weighted by atomic mass is 35.5. The van der Waals surface area contributed by atoms with Gasteiger partial charge in [-0.3, -0.25) is 4.79 Å². The number of carbonyl (C=O) groups is 1. The van der Waals surface area contributed by atoms with Gasteiger partial charge >= 0.3 is 0 Å². The molecule has 8 heteroatoms. The van der Waals surface area contributed by atoms with Gasteiger partial charge in [0.2, 0.25) is 10.0 Å². The highest BCUT2D eigenvalue weighted by Gasteiger charge is 2.17. The molecule has 0 aliphatic heterocycles. The van der Waals surface area contributed by atoms with Crippen LogP contribution in [0.1, 0.15) is 23.1 Å².